The zero-order chi connectivity index (χ0) is 13.5. The van der Waals surface area contributed by atoms with Gasteiger partial charge in [0.2, 0.25) is 0 Å². The Morgan fingerprint density at radius 3 is 2.28 bits per heavy atom. The topological polar surface area (TPSA) is 26.3 Å². The lowest BCUT2D eigenvalue weighted by Gasteiger charge is -2.31. The van der Waals surface area contributed by atoms with Gasteiger partial charge in [-0.3, -0.25) is 4.79 Å². The molecule has 2 nitrogen and oxygen atoms in total. The molecule has 1 fully saturated rings. The summed E-state index contributed by atoms with van der Waals surface area (Å²) >= 11 is 0. The summed E-state index contributed by atoms with van der Waals surface area (Å²) in [5.74, 6) is 2.68. The number of carbonyl (C=O) groups excluding carboxylic acids is 1. The van der Waals surface area contributed by atoms with Gasteiger partial charge in [-0.25, -0.2) is 0 Å². The molecule has 1 aliphatic rings. The number of hydrogen-bond donors (Lipinski definition) is 0. The fourth-order valence-corrected chi connectivity index (χ4v) is 3.08. The van der Waals surface area contributed by atoms with Crippen LogP contribution in [0.2, 0.25) is 0 Å². The Morgan fingerprint density at radius 2 is 1.78 bits per heavy atom. The second-order valence-corrected chi connectivity index (χ2v) is 6.20. The van der Waals surface area contributed by atoms with Gasteiger partial charge in [0.25, 0.3) is 0 Å². The van der Waals surface area contributed by atoms with Crippen molar-refractivity contribution in [3.8, 4) is 0 Å². The van der Waals surface area contributed by atoms with Gasteiger partial charge in [-0.1, -0.05) is 40.0 Å². The number of esters is 1. The van der Waals surface area contributed by atoms with E-state index in [1.54, 1.807) is 0 Å². The van der Waals surface area contributed by atoms with Gasteiger partial charge in [0, 0.05) is 0 Å². The Bertz CT molecular complexity index is 241. The summed E-state index contributed by atoms with van der Waals surface area (Å²) in [6, 6.07) is 0. The molecule has 0 aliphatic heterocycles. The van der Waals surface area contributed by atoms with Gasteiger partial charge >= 0.3 is 5.97 Å². The molecule has 0 radical (unpaired) electrons. The van der Waals surface area contributed by atoms with Gasteiger partial charge in [0.1, 0.15) is 0 Å². The molecule has 2 unspecified atom stereocenters. The molecule has 0 saturated heterocycles. The van der Waals surface area contributed by atoms with Crippen LogP contribution in [0, 0.1) is 23.7 Å². The molecular formula is C16H30O2. The summed E-state index contributed by atoms with van der Waals surface area (Å²) in [5, 5.41) is 0. The van der Waals surface area contributed by atoms with Crippen molar-refractivity contribution >= 4 is 5.97 Å². The van der Waals surface area contributed by atoms with Crippen LogP contribution < -0.4 is 0 Å². The van der Waals surface area contributed by atoms with Gasteiger partial charge < -0.3 is 4.74 Å². The van der Waals surface area contributed by atoms with Crippen LogP contribution in [-0.2, 0) is 9.53 Å². The SMILES string of the molecule is CCC(C)CCC(C)C1CCC(C(=O)OC)CC1. The summed E-state index contributed by atoms with van der Waals surface area (Å²) in [6.07, 6.45) is 8.48. The highest BCUT2D eigenvalue weighted by atomic mass is 16.5. The molecule has 0 aromatic heterocycles. The van der Waals surface area contributed by atoms with E-state index in [4.69, 9.17) is 4.74 Å². The van der Waals surface area contributed by atoms with Gasteiger partial charge in [-0.15, -0.1) is 0 Å². The van der Waals surface area contributed by atoms with Gasteiger partial charge in [-0.05, 0) is 43.4 Å². The first-order valence-corrected chi connectivity index (χ1v) is 7.66. The lowest BCUT2D eigenvalue weighted by molar-refractivity contribution is -0.147. The summed E-state index contributed by atoms with van der Waals surface area (Å²) in [5.41, 5.74) is 0. The molecule has 0 spiro atoms. The van der Waals surface area contributed by atoms with Crippen molar-refractivity contribution < 1.29 is 9.53 Å². The molecule has 1 aliphatic carbocycles. The zero-order valence-corrected chi connectivity index (χ0v) is 12.6. The lowest BCUT2D eigenvalue weighted by Crippen LogP contribution is -2.25. The molecule has 0 bridgehead atoms. The van der Waals surface area contributed by atoms with E-state index in [-0.39, 0.29) is 11.9 Å². The Morgan fingerprint density at radius 1 is 1.17 bits per heavy atom. The van der Waals surface area contributed by atoms with Crippen molar-refractivity contribution in [1.29, 1.82) is 0 Å². The zero-order valence-electron chi connectivity index (χ0n) is 12.6. The van der Waals surface area contributed by atoms with Gasteiger partial charge in [-0.2, -0.15) is 0 Å². The molecule has 1 saturated carbocycles. The fraction of sp³-hybridized carbons (Fsp3) is 0.938. The van der Waals surface area contributed by atoms with Crippen molar-refractivity contribution in [3.05, 3.63) is 0 Å². The Balaban J connectivity index is 2.27. The maximum Gasteiger partial charge on any atom is 0.308 e. The van der Waals surface area contributed by atoms with E-state index in [2.05, 4.69) is 20.8 Å². The van der Waals surface area contributed by atoms with Crippen molar-refractivity contribution in [2.24, 2.45) is 23.7 Å². The second-order valence-electron chi connectivity index (χ2n) is 6.20. The lowest BCUT2D eigenvalue weighted by atomic mass is 9.74. The first-order valence-electron chi connectivity index (χ1n) is 7.66. The van der Waals surface area contributed by atoms with E-state index in [1.165, 1.54) is 39.2 Å². The van der Waals surface area contributed by atoms with E-state index in [1.807, 2.05) is 0 Å². The normalized spacial score (nSPS) is 27.6. The monoisotopic (exact) mass is 254 g/mol. The molecule has 0 aromatic rings. The van der Waals surface area contributed by atoms with Crippen LogP contribution in [0.25, 0.3) is 0 Å². The van der Waals surface area contributed by atoms with Crippen LogP contribution in [0.5, 0.6) is 0 Å². The summed E-state index contributed by atoms with van der Waals surface area (Å²) < 4.78 is 4.84. The number of ether oxygens (including phenoxy) is 1. The third-order valence-corrected chi connectivity index (χ3v) is 4.92. The Labute approximate surface area is 112 Å². The smallest absolute Gasteiger partial charge is 0.308 e. The molecule has 2 heteroatoms. The van der Waals surface area contributed by atoms with Crippen LogP contribution in [0.15, 0.2) is 0 Å². The quantitative estimate of drug-likeness (QED) is 0.655. The first-order chi connectivity index (χ1) is 8.58. The minimum Gasteiger partial charge on any atom is -0.469 e. The number of rotatable bonds is 6. The van der Waals surface area contributed by atoms with E-state index in [0.717, 1.165) is 30.6 Å². The molecule has 2 atom stereocenters. The molecule has 0 heterocycles. The molecule has 18 heavy (non-hydrogen) atoms. The van der Waals surface area contributed by atoms with E-state index < -0.39 is 0 Å². The molecule has 0 aromatic carbocycles. The van der Waals surface area contributed by atoms with Crippen LogP contribution in [0.4, 0.5) is 0 Å². The summed E-state index contributed by atoms with van der Waals surface area (Å²) in [4.78, 5) is 11.5. The average molecular weight is 254 g/mol. The largest absolute Gasteiger partial charge is 0.469 e. The molecule has 106 valence electrons. The van der Waals surface area contributed by atoms with Crippen LogP contribution in [0.1, 0.15) is 65.7 Å². The summed E-state index contributed by atoms with van der Waals surface area (Å²) in [6.45, 7) is 7.02. The highest BCUT2D eigenvalue weighted by Crippen LogP contribution is 2.36. The number of carbonyl (C=O) groups is 1. The minimum atomic E-state index is 0.000656. The van der Waals surface area contributed by atoms with Crippen LogP contribution in [0.3, 0.4) is 0 Å². The van der Waals surface area contributed by atoms with Crippen LogP contribution in [-0.4, -0.2) is 13.1 Å². The van der Waals surface area contributed by atoms with E-state index in [0.29, 0.717) is 0 Å². The number of hydrogen-bond acceptors (Lipinski definition) is 2. The number of methoxy groups -OCH3 is 1. The predicted molar refractivity (Wildman–Crippen MR) is 75.3 cm³/mol. The maximum atomic E-state index is 11.5. The first kappa shape index (κ1) is 15.5. The third-order valence-electron chi connectivity index (χ3n) is 4.92. The fourth-order valence-electron chi connectivity index (χ4n) is 3.08. The highest BCUT2D eigenvalue weighted by molar-refractivity contribution is 5.72. The predicted octanol–water partition coefficient (Wildman–Crippen LogP) is 4.43. The molecular weight excluding hydrogens is 224 g/mol. The van der Waals surface area contributed by atoms with Crippen molar-refractivity contribution in [2.75, 3.05) is 7.11 Å². The Hall–Kier alpha value is -0.530. The average Bonchev–Trinajstić information content (AvgIpc) is 2.43. The summed E-state index contributed by atoms with van der Waals surface area (Å²) in [7, 11) is 1.50. The maximum absolute atomic E-state index is 11.5. The highest BCUT2D eigenvalue weighted by Gasteiger charge is 2.29. The van der Waals surface area contributed by atoms with Crippen molar-refractivity contribution in [1.82, 2.24) is 0 Å². The van der Waals surface area contributed by atoms with Crippen molar-refractivity contribution in [3.63, 3.8) is 0 Å². The van der Waals surface area contributed by atoms with Gasteiger partial charge in [0.05, 0.1) is 13.0 Å². The van der Waals surface area contributed by atoms with Crippen molar-refractivity contribution in [2.45, 2.75) is 65.7 Å². The third kappa shape index (κ3) is 4.62. The second kappa shape index (κ2) is 7.81. The van der Waals surface area contributed by atoms with Crippen LogP contribution >= 0.6 is 0 Å². The minimum absolute atomic E-state index is 0.000656. The Kier molecular flexibility index (Phi) is 6.73. The van der Waals surface area contributed by atoms with Gasteiger partial charge in [0.15, 0.2) is 0 Å². The van der Waals surface area contributed by atoms with E-state index in [9.17, 15) is 4.79 Å². The molecule has 1 rings (SSSR count). The molecule has 0 amide bonds. The van der Waals surface area contributed by atoms with E-state index >= 15 is 0 Å². The molecule has 0 N–H and O–H groups in total. The standard InChI is InChI=1S/C16H30O2/c1-5-12(2)6-7-13(3)14-8-10-15(11-9-14)16(17)18-4/h12-15H,5-11H2,1-4H3.